The molecule has 4 nitrogen and oxygen atoms in total. The second-order valence-corrected chi connectivity index (χ2v) is 3.86. The van der Waals surface area contributed by atoms with Crippen molar-refractivity contribution in [3.8, 4) is 0 Å². The summed E-state index contributed by atoms with van der Waals surface area (Å²) in [6.07, 6.45) is 1.59. The first kappa shape index (κ1) is 9.75. The molecule has 5 heteroatoms. The predicted octanol–water partition coefficient (Wildman–Crippen LogP) is 1.56. The van der Waals surface area contributed by atoms with Crippen LogP contribution in [0.3, 0.4) is 0 Å². The van der Waals surface area contributed by atoms with E-state index in [-0.39, 0.29) is 5.82 Å². The summed E-state index contributed by atoms with van der Waals surface area (Å²) in [6.45, 7) is 2.55. The number of rotatable bonds is 1. The van der Waals surface area contributed by atoms with E-state index >= 15 is 0 Å². The molecule has 0 amide bonds. The molecule has 0 bridgehead atoms. The molecule has 2 heterocycles. The first-order chi connectivity index (χ1) is 7.84. The number of nitrogens with zero attached hydrogens (tertiary/aromatic N) is 2. The molecule has 1 aromatic carbocycles. The quantitative estimate of drug-likeness (QED) is 0.532. The lowest BCUT2D eigenvalue weighted by molar-refractivity contribution is -0.183. The van der Waals surface area contributed by atoms with Crippen LogP contribution < -0.4 is 0 Å². The van der Waals surface area contributed by atoms with Gasteiger partial charge in [0.1, 0.15) is 6.33 Å². The molecule has 79 valence electrons. The van der Waals surface area contributed by atoms with E-state index in [0.717, 1.165) is 16.6 Å². The maximum atomic E-state index is 4.87. The molecule has 16 heavy (non-hydrogen) atoms. The molecule has 0 aliphatic carbocycles. The Morgan fingerprint density at radius 2 is 2.31 bits per heavy atom. The Bertz CT molecular complexity index is 526. The summed E-state index contributed by atoms with van der Waals surface area (Å²) in [4.78, 5) is 18.1. The molecule has 1 radical (unpaired) electrons. The number of hydrogen-bond donors (Lipinski definition) is 0. The molecule has 1 aliphatic heterocycles. The lowest BCUT2D eigenvalue weighted by Gasteiger charge is -2.07. The summed E-state index contributed by atoms with van der Waals surface area (Å²) in [5, 5.41) is 1.08. The molecule has 1 fully saturated rings. The smallest absolute Gasteiger partial charge is 0.310 e. The van der Waals surface area contributed by atoms with Gasteiger partial charge >= 0.3 is 7.48 Å². The van der Waals surface area contributed by atoms with Crippen molar-refractivity contribution < 1.29 is 9.69 Å². The third kappa shape index (κ3) is 1.58. The Kier molecular flexibility index (Phi) is 2.34. The van der Waals surface area contributed by atoms with Crippen LogP contribution in [0.5, 0.6) is 0 Å². The molecule has 0 saturated carbocycles. The van der Waals surface area contributed by atoms with Crippen molar-refractivity contribution in [1.29, 1.82) is 0 Å². The fourth-order valence-corrected chi connectivity index (χ4v) is 1.87. The van der Waals surface area contributed by atoms with Crippen LogP contribution in [0.1, 0.15) is 17.1 Å². The summed E-state index contributed by atoms with van der Waals surface area (Å²) in [7, 11) is 1.71. The minimum Gasteiger partial charge on any atom is -0.310 e. The lowest BCUT2D eigenvalue weighted by Crippen LogP contribution is -2.04. The van der Waals surface area contributed by atoms with Crippen LogP contribution in [0.25, 0.3) is 10.9 Å². The van der Waals surface area contributed by atoms with Gasteiger partial charge in [-0.05, 0) is 24.6 Å². The highest BCUT2D eigenvalue weighted by molar-refractivity contribution is 6.30. The van der Waals surface area contributed by atoms with E-state index in [0.29, 0.717) is 6.61 Å². The van der Waals surface area contributed by atoms with E-state index in [9.17, 15) is 0 Å². The van der Waals surface area contributed by atoms with Crippen LogP contribution in [0, 0.1) is 6.92 Å². The third-order valence-corrected chi connectivity index (χ3v) is 2.82. The zero-order valence-corrected chi connectivity index (χ0v) is 8.88. The number of fused-ring (bicyclic) bond motifs is 1. The lowest BCUT2D eigenvalue weighted by atomic mass is 9.76. The number of hydrogen-bond acceptors (Lipinski definition) is 4. The van der Waals surface area contributed by atoms with Crippen molar-refractivity contribution in [2.75, 3.05) is 6.61 Å². The summed E-state index contributed by atoms with van der Waals surface area (Å²) < 4.78 is 0. The van der Waals surface area contributed by atoms with E-state index < -0.39 is 0 Å². The predicted molar refractivity (Wildman–Crippen MR) is 59.8 cm³/mol. The Hall–Kier alpha value is -1.46. The molecule has 1 saturated heterocycles. The molecule has 2 aromatic rings. The van der Waals surface area contributed by atoms with Gasteiger partial charge in [0.2, 0.25) is 0 Å². The Balaban J connectivity index is 2.10. The second-order valence-electron chi connectivity index (χ2n) is 3.86. The van der Waals surface area contributed by atoms with Crippen LogP contribution in [-0.2, 0) is 9.69 Å². The second kappa shape index (κ2) is 3.85. The number of aromatic nitrogens is 2. The Morgan fingerprint density at radius 1 is 1.38 bits per heavy atom. The van der Waals surface area contributed by atoms with E-state index in [2.05, 4.69) is 16.0 Å². The molecule has 3 rings (SSSR count). The molecule has 1 aromatic heterocycles. The van der Waals surface area contributed by atoms with Crippen LogP contribution in [0.4, 0.5) is 0 Å². The topological polar surface area (TPSA) is 44.2 Å². The van der Waals surface area contributed by atoms with Crippen molar-refractivity contribution >= 4 is 18.4 Å². The van der Waals surface area contributed by atoms with Gasteiger partial charge < -0.3 is 4.81 Å². The SMILES string of the molecule is Cc1ncnc2ccc(C3[B]OOC3)cc12. The molecular weight excluding hydrogens is 203 g/mol. The van der Waals surface area contributed by atoms with Crippen LogP contribution in [0.2, 0.25) is 0 Å². The average Bonchev–Trinajstić information content (AvgIpc) is 2.83. The van der Waals surface area contributed by atoms with Crippen LogP contribution in [0.15, 0.2) is 24.5 Å². The van der Waals surface area contributed by atoms with Gasteiger partial charge in [0.15, 0.2) is 0 Å². The molecule has 1 aliphatic rings. The molecule has 0 spiro atoms. The van der Waals surface area contributed by atoms with Crippen molar-refractivity contribution in [3.63, 3.8) is 0 Å². The normalized spacial score (nSPS) is 19.9. The summed E-state index contributed by atoms with van der Waals surface area (Å²) in [5.74, 6) is 0.198. The maximum Gasteiger partial charge on any atom is 0.354 e. The van der Waals surface area contributed by atoms with Crippen LogP contribution in [-0.4, -0.2) is 24.1 Å². The van der Waals surface area contributed by atoms with Gasteiger partial charge in [-0.15, -0.1) is 0 Å². The zero-order valence-electron chi connectivity index (χ0n) is 8.88. The van der Waals surface area contributed by atoms with Gasteiger partial charge in [0, 0.05) is 16.9 Å². The molecule has 1 atom stereocenters. The third-order valence-electron chi connectivity index (χ3n) is 2.82. The summed E-state index contributed by atoms with van der Waals surface area (Å²) >= 11 is 0. The van der Waals surface area contributed by atoms with Gasteiger partial charge in [-0.3, -0.25) is 4.89 Å². The highest BCUT2D eigenvalue weighted by Crippen LogP contribution is 2.24. The Labute approximate surface area is 93.8 Å². The standard InChI is InChI=1S/C11H10BN2O2/c1-7-9-4-8(10-5-15-16-12-10)2-3-11(9)14-6-13-7/h2-4,6,10H,5H2,1H3. The van der Waals surface area contributed by atoms with Crippen molar-refractivity contribution in [2.24, 2.45) is 0 Å². The van der Waals surface area contributed by atoms with E-state index in [1.54, 1.807) is 13.8 Å². The van der Waals surface area contributed by atoms with Gasteiger partial charge in [0.25, 0.3) is 0 Å². The minimum atomic E-state index is 0.198. The fourth-order valence-electron chi connectivity index (χ4n) is 1.87. The molecule has 0 N–H and O–H groups in total. The largest absolute Gasteiger partial charge is 0.354 e. The van der Waals surface area contributed by atoms with Crippen molar-refractivity contribution in [3.05, 3.63) is 35.8 Å². The van der Waals surface area contributed by atoms with Crippen molar-refractivity contribution in [1.82, 2.24) is 9.97 Å². The fraction of sp³-hybridized carbons (Fsp3) is 0.273. The van der Waals surface area contributed by atoms with Gasteiger partial charge in [-0.25, -0.2) is 9.97 Å². The van der Waals surface area contributed by atoms with E-state index in [1.165, 1.54) is 5.56 Å². The van der Waals surface area contributed by atoms with Gasteiger partial charge in [-0.2, -0.15) is 0 Å². The zero-order chi connectivity index (χ0) is 11.0. The number of benzene rings is 1. The summed E-state index contributed by atoms with van der Waals surface area (Å²) in [5.41, 5.74) is 3.13. The van der Waals surface area contributed by atoms with E-state index in [1.807, 2.05) is 19.1 Å². The highest BCUT2D eigenvalue weighted by Gasteiger charge is 2.22. The molecular formula is C11H10BN2O2. The molecule has 1 unspecified atom stereocenters. The van der Waals surface area contributed by atoms with Gasteiger partial charge in [0.05, 0.1) is 12.1 Å². The maximum absolute atomic E-state index is 4.87. The highest BCUT2D eigenvalue weighted by atomic mass is 17.2. The summed E-state index contributed by atoms with van der Waals surface area (Å²) in [6, 6.07) is 6.16. The Morgan fingerprint density at radius 3 is 3.12 bits per heavy atom. The van der Waals surface area contributed by atoms with Crippen molar-refractivity contribution in [2.45, 2.75) is 12.7 Å². The van der Waals surface area contributed by atoms with E-state index in [4.69, 9.17) is 9.69 Å². The van der Waals surface area contributed by atoms with Gasteiger partial charge in [-0.1, -0.05) is 6.07 Å². The number of aryl methyl sites for hydroxylation is 1. The van der Waals surface area contributed by atoms with Crippen LogP contribution >= 0.6 is 0 Å². The monoisotopic (exact) mass is 213 g/mol. The first-order valence-corrected chi connectivity index (χ1v) is 5.17. The average molecular weight is 213 g/mol. The first-order valence-electron chi connectivity index (χ1n) is 5.17. The minimum absolute atomic E-state index is 0.198.